The lowest BCUT2D eigenvalue weighted by molar-refractivity contribution is -0.331. The molecule has 0 heterocycles. The van der Waals surface area contributed by atoms with Crippen molar-refractivity contribution in [1.29, 1.82) is 0 Å². The number of aryl methyl sites for hydroxylation is 2. The topological polar surface area (TPSA) is 69.9 Å². The Balaban J connectivity index is 0.000000281. The summed E-state index contributed by atoms with van der Waals surface area (Å²) in [7, 11) is 1.15. The summed E-state index contributed by atoms with van der Waals surface area (Å²) in [5.41, 5.74) is 2.66. The van der Waals surface area contributed by atoms with Gasteiger partial charge in [-0.1, -0.05) is 35.4 Å². The zero-order chi connectivity index (χ0) is 12.6. The van der Waals surface area contributed by atoms with Crippen molar-refractivity contribution in [3.8, 4) is 0 Å². The van der Waals surface area contributed by atoms with E-state index in [9.17, 15) is 0 Å². The minimum atomic E-state index is -2.16. The van der Waals surface area contributed by atoms with E-state index in [-0.39, 0.29) is 13.0 Å². The Labute approximate surface area is 96.1 Å². The summed E-state index contributed by atoms with van der Waals surface area (Å²) in [6.45, 7) is 3.89. The van der Waals surface area contributed by atoms with E-state index in [2.05, 4.69) is 42.8 Å². The normalized spacial score (nSPS) is 10.6. The highest BCUT2D eigenvalue weighted by Gasteiger charge is 2.19. The van der Waals surface area contributed by atoms with Gasteiger partial charge in [-0.2, -0.15) is 0 Å². The first kappa shape index (κ1) is 15.1. The van der Waals surface area contributed by atoms with Crippen LogP contribution in [-0.4, -0.2) is 35.0 Å². The highest BCUT2D eigenvalue weighted by atomic mass is 16.8. The highest BCUT2D eigenvalue weighted by molar-refractivity contribution is 5.19. The number of hydrogen-bond acceptors (Lipinski definition) is 4. The smallest absolute Gasteiger partial charge is 0.279 e. The van der Waals surface area contributed by atoms with Gasteiger partial charge in [0.1, 0.15) is 0 Å². The third-order valence-corrected chi connectivity index (χ3v) is 1.98. The van der Waals surface area contributed by atoms with Gasteiger partial charge >= 0.3 is 0 Å². The number of ether oxygens (including phenoxy) is 1. The number of aliphatic hydroxyl groups excluding tert-OH is 1. The standard InChI is InChI=1S/C8H10.C4H10O4/c1-7-3-5-8(2)6-4-7;1-8-4(6,7)2-3-5/h3-6H,1-2H3;5-7H,2-3H2,1H3. The SMILES string of the molecule is COC(O)(O)CCO.Cc1ccc(C)cc1. The molecule has 16 heavy (non-hydrogen) atoms. The van der Waals surface area contributed by atoms with Gasteiger partial charge in [0.05, 0.1) is 13.0 Å². The predicted octanol–water partition coefficient (Wildman–Crippen LogP) is 0.957. The summed E-state index contributed by atoms with van der Waals surface area (Å²) in [5.74, 6) is -2.16. The molecule has 1 rings (SSSR count). The number of methoxy groups -OCH3 is 1. The van der Waals surface area contributed by atoms with Gasteiger partial charge in [0.15, 0.2) is 0 Å². The Morgan fingerprint density at radius 1 is 1.06 bits per heavy atom. The Hall–Kier alpha value is -0.940. The van der Waals surface area contributed by atoms with Crippen LogP contribution in [0.1, 0.15) is 17.5 Å². The van der Waals surface area contributed by atoms with Gasteiger partial charge in [-0.15, -0.1) is 0 Å². The van der Waals surface area contributed by atoms with Crippen LogP contribution in [0.3, 0.4) is 0 Å². The quantitative estimate of drug-likeness (QED) is 0.674. The van der Waals surface area contributed by atoms with Crippen molar-refractivity contribution in [2.45, 2.75) is 26.2 Å². The second kappa shape index (κ2) is 7.35. The molecule has 0 bridgehead atoms. The fourth-order valence-corrected chi connectivity index (χ4v) is 0.885. The van der Waals surface area contributed by atoms with E-state index in [0.717, 1.165) is 7.11 Å². The molecule has 0 fully saturated rings. The second-order valence-electron chi connectivity index (χ2n) is 3.58. The molecule has 0 aromatic heterocycles. The average Bonchev–Trinajstić information content (AvgIpc) is 2.23. The van der Waals surface area contributed by atoms with Crippen molar-refractivity contribution in [1.82, 2.24) is 0 Å². The monoisotopic (exact) mass is 228 g/mol. The van der Waals surface area contributed by atoms with Crippen molar-refractivity contribution < 1.29 is 20.1 Å². The summed E-state index contributed by atoms with van der Waals surface area (Å²) < 4.78 is 4.13. The maximum atomic E-state index is 8.50. The Morgan fingerprint density at radius 3 is 1.62 bits per heavy atom. The van der Waals surface area contributed by atoms with E-state index in [1.807, 2.05) is 0 Å². The minimum absolute atomic E-state index is 0.191. The van der Waals surface area contributed by atoms with Gasteiger partial charge in [-0.3, -0.25) is 0 Å². The fraction of sp³-hybridized carbons (Fsp3) is 0.500. The molecule has 1 aromatic rings. The molecule has 0 spiro atoms. The Kier molecular flexibility index (Phi) is 6.92. The molecule has 1 aromatic carbocycles. The van der Waals surface area contributed by atoms with E-state index >= 15 is 0 Å². The van der Waals surface area contributed by atoms with E-state index in [0.29, 0.717) is 0 Å². The van der Waals surface area contributed by atoms with Crippen LogP contribution in [0.15, 0.2) is 24.3 Å². The van der Waals surface area contributed by atoms with Crippen LogP contribution in [0.5, 0.6) is 0 Å². The molecule has 0 aliphatic carbocycles. The first-order valence-electron chi connectivity index (χ1n) is 5.05. The largest absolute Gasteiger partial charge is 0.396 e. The van der Waals surface area contributed by atoms with E-state index in [1.54, 1.807) is 0 Å². The van der Waals surface area contributed by atoms with Crippen LogP contribution in [0.2, 0.25) is 0 Å². The molecule has 4 nitrogen and oxygen atoms in total. The molecule has 0 aliphatic heterocycles. The lowest BCUT2D eigenvalue weighted by atomic mass is 10.2. The van der Waals surface area contributed by atoms with Crippen LogP contribution in [-0.2, 0) is 4.74 Å². The highest BCUT2D eigenvalue weighted by Crippen LogP contribution is 2.03. The Bertz CT molecular complexity index is 259. The van der Waals surface area contributed by atoms with Gasteiger partial charge in [0, 0.05) is 7.11 Å². The zero-order valence-corrected chi connectivity index (χ0v) is 9.97. The van der Waals surface area contributed by atoms with Gasteiger partial charge < -0.3 is 20.1 Å². The third kappa shape index (κ3) is 7.36. The first-order valence-corrected chi connectivity index (χ1v) is 5.05. The number of aliphatic hydroxyl groups is 3. The molecular formula is C12H20O4. The Morgan fingerprint density at radius 2 is 1.44 bits per heavy atom. The molecule has 0 atom stereocenters. The molecular weight excluding hydrogens is 208 g/mol. The van der Waals surface area contributed by atoms with Crippen molar-refractivity contribution >= 4 is 0 Å². The van der Waals surface area contributed by atoms with Crippen LogP contribution < -0.4 is 0 Å². The maximum absolute atomic E-state index is 8.50. The zero-order valence-electron chi connectivity index (χ0n) is 9.97. The first-order chi connectivity index (χ1) is 7.41. The van der Waals surface area contributed by atoms with Crippen molar-refractivity contribution in [2.24, 2.45) is 0 Å². The minimum Gasteiger partial charge on any atom is -0.396 e. The lowest BCUT2D eigenvalue weighted by Gasteiger charge is -2.16. The molecule has 3 N–H and O–H groups in total. The van der Waals surface area contributed by atoms with E-state index < -0.39 is 5.97 Å². The summed E-state index contributed by atoms with van der Waals surface area (Å²) >= 11 is 0. The predicted molar refractivity (Wildman–Crippen MR) is 61.8 cm³/mol. The molecule has 0 saturated heterocycles. The summed E-state index contributed by atoms with van der Waals surface area (Å²) in [6.07, 6.45) is -0.191. The van der Waals surface area contributed by atoms with Crippen LogP contribution in [0.25, 0.3) is 0 Å². The second-order valence-corrected chi connectivity index (χ2v) is 3.58. The van der Waals surface area contributed by atoms with Gasteiger partial charge in [0.2, 0.25) is 0 Å². The third-order valence-electron chi connectivity index (χ3n) is 1.98. The van der Waals surface area contributed by atoms with Crippen LogP contribution in [0.4, 0.5) is 0 Å². The number of hydrogen-bond donors (Lipinski definition) is 3. The van der Waals surface area contributed by atoms with Crippen molar-refractivity contribution in [3.63, 3.8) is 0 Å². The summed E-state index contributed by atoms with van der Waals surface area (Å²) in [5, 5.41) is 25.1. The lowest BCUT2D eigenvalue weighted by Crippen LogP contribution is -2.31. The van der Waals surface area contributed by atoms with Crippen LogP contribution in [0, 0.1) is 13.8 Å². The molecule has 0 amide bonds. The van der Waals surface area contributed by atoms with Gasteiger partial charge in [0.25, 0.3) is 5.97 Å². The van der Waals surface area contributed by atoms with E-state index in [4.69, 9.17) is 15.3 Å². The summed E-state index contributed by atoms with van der Waals surface area (Å²) in [4.78, 5) is 0. The van der Waals surface area contributed by atoms with Crippen molar-refractivity contribution in [2.75, 3.05) is 13.7 Å². The average molecular weight is 228 g/mol. The molecule has 0 saturated carbocycles. The van der Waals surface area contributed by atoms with Gasteiger partial charge in [-0.05, 0) is 13.8 Å². The van der Waals surface area contributed by atoms with Crippen LogP contribution >= 0.6 is 0 Å². The number of benzene rings is 1. The molecule has 4 heteroatoms. The molecule has 0 radical (unpaired) electrons. The fourth-order valence-electron chi connectivity index (χ4n) is 0.885. The molecule has 0 unspecified atom stereocenters. The maximum Gasteiger partial charge on any atom is 0.279 e. The number of rotatable bonds is 3. The summed E-state index contributed by atoms with van der Waals surface area (Å²) in [6, 6.07) is 8.48. The molecule has 0 aliphatic rings. The van der Waals surface area contributed by atoms with E-state index in [1.165, 1.54) is 11.1 Å². The van der Waals surface area contributed by atoms with Crippen molar-refractivity contribution in [3.05, 3.63) is 35.4 Å². The van der Waals surface area contributed by atoms with Gasteiger partial charge in [-0.25, -0.2) is 0 Å². The molecule has 92 valence electrons.